The van der Waals surface area contributed by atoms with Crippen LogP contribution in [0.5, 0.6) is 5.75 Å². The zero-order chi connectivity index (χ0) is 21.0. The topological polar surface area (TPSA) is 42.3 Å². The molecule has 1 N–H and O–H groups in total. The van der Waals surface area contributed by atoms with E-state index in [2.05, 4.69) is 63.6 Å². The highest BCUT2D eigenvalue weighted by atomic mass is 32.1. The number of methoxy groups -OCH3 is 1. The molecule has 0 unspecified atom stereocenters. The molecular formula is C26H29N3OS. The van der Waals surface area contributed by atoms with Gasteiger partial charge in [-0.25, -0.2) is 0 Å². The minimum absolute atomic E-state index is 0.472. The standard InChI is InChI=1S/C26H29N3OS/c1-30-22-12-13-24-23(16-22)20(17-27-24)14-15-29-25(19-8-4-2-5-9-19)18-31-26(29)28-21-10-6-3-7-11-21/h2,4-5,8-9,12-13,16-18,21,27H,3,6-7,10-11,14-15H2,1H3. The quantitative estimate of drug-likeness (QED) is 0.389. The molecule has 1 aliphatic rings. The first-order chi connectivity index (χ1) is 15.3. The Balaban J connectivity index is 1.49. The van der Waals surface area contributed by atoms with E-state index in [4.69, 9.17) is 9.73 Å². The molecule has 1 saturated carbocycles. The summed E-state index contributed by atoms with van der Waals surface area (Å²) in [5.41, 5.74) is 4.98. The third-order valence-corrected chi connectivity index (χ3v) is 7.19. The van der Waals surface area contributed by atoms with Gasteiger partial charge in [-0.05, 0) is 48.6 Å². The lowest BCUT2D eigenvalue weighted by atomic mass is 9.96. The molecule has 2 aromatic heterocycles. The molecule has 1 fully saturated rings. The third-order valence-electron chi connectivity index (χ3n) is 6.31. The van der Waals surface area contributed by atoms with E-state index in [0.717, 1.165) is 29.0 Å². The molecule has 160 valence electrons. The number of aryl methyl sites for hydroxylation is 1. The number of nitrogens with one attached hydrogen (secondary N) is 1. The Kier molecular flexibility index (Phi) is 5.94. The van der Waals surface area contributed by atoms with E-state index in [1.165, 1.54) is 54.3 Å². The van der Waals surface area contributed by atoms with Gasteiger partial charge in [0.1, 0.15) is 5.75 Å². The Morgan fingerprint density at radius 3 is 2.74 bits per heavy atom. The molecule has 4 nitrogen and oxygen atoms in total. The van der Waals surface area contributed by atoms with Crippen LogP contribution < -0.4 is 9.54 Å². The number of fused-ring (bicyclic) bond motifs is 1. The van der Waals surface area contributed by atoms with Crippen LogP contribution in [0.15, 0.2) is 65.1 Å². The van der Waals surface area contributed by atoms with Crippen LogP contribution in [0.3, 0.4) is 0 Å². The zero-order valence-electron chi connectivity index (χ0n) is 18.0. The van der Waals surface area contributed by atoms with Crippen LogP contribution in [0, 0.1) is 0 Å². The summed E-state index contributed by atoms with van der Waals surface area (Å²) < 4.78 is 7.87. The average Bonchev–Trinajstić information content (AvgIpc) is 3.42. The monoisotopic (exact) mass is 431 g/mol. The molecular weight excluding hydrogens is 402 g/mol. The van der Waals surface area contributed by atoms with Gasteiger partial charge >= 0.3 is 0 Å². The summed E-state index contributed by atoms with van der Waals surface area (Å²) in [5.74, 6) is 0.898. The molecule has 31 heavy (non-hydrogen) atoms. The van der Waals surface area contributed by atoms with Crippen molar-refractivity contribution in [2.75, 3.05) is 7.11 Å². The number of aromatic nitrogens is 2. The van der Waals surface area contributed by atoms with Crippen LogP contribution in [-0.2, 0) is 13.0 Å². The highest BCUT2D eigenvalue weighted by molar-refractivity contribution is 7.07. The average molecular weight is 432 g/mol. The molecule has 5 heteroatoms. The lowest BCUT2D eigenvalue weighted by Crippen LogP contribution is -2.22. The van der Waals surface area contributed by atoms with Gasteiger partial charge in [-0.1, -0.05) is 49.6 Å². The number of hydrogen-bond donors (Lipinski definition) is 1. The fraction of sp³-hybridized carbons (Fsp3) is 0.346. The molecule has 2 heterocycles. The zero-order valence-corrected chi connectivity index (χ0v) is 18.8. The molecule has 0 radical (unpaired) electrons. The van der Waals surface area contributed by atoms with Crippen LogP contribution in [0.25, 0.3) is 22.2 Å². The first-order valence-corrected chi connectivity index (χ1v) is 12.1. The Hall–Kier alpha value is -2.79. The highest BCUT2D eigenvalue weighted by Crippen LogP contribution is 2.26. The molecule has 0 bridgehead atoms. The number of ether oxygens (including phenoxy) is 1. The maximum absolute atomic E-state index is 5.45. The number of H-pyrrole nitrogens is 1. The van der Waals surface area contributed by atoms with Crippen LogP contribution in [0.4, 0.5) is 0 Å². The van der Waals surface area contributed by atoms with Crippen LogP contribution >= 0.6 is 11.3 Å². The number of thiazole rings is 1. The largest absolute Gasteiger partial charge is 0.497 e. The van der Waals surface area contributed by atoms with Crippen molar-refractivity contribution < 1.29 is 4.74 Å². The summed E-state index contributed by atoms with van der Waals surface area (Å²) in [7, 11) is 1.72. The second-order valence-corrected chi connectivity index (χ2v) is 9.15. The smallest absolute Gasteiger partial charge is 0.185 e. The fourth-order valence-electron chi connectivity index (χ4n) is 4.58. The summed E-state index contributed by atoms with van der Waals surface area (Å²) in [5, 5.41) is 3.51. The highest BCUT2D eigenvalue weighted by Gasteiger charge is 2.15. The Bertz CT molecular complexity index is 1210. The van der Waals surface area contributed by atoms with Gasteiger partial charge in [0, 0.05) is 29.0 Å². The minimum Gasteiger partial charge on any atom is -0.497 e. The van der Waals surface area contributed by atoms with Crippen molar-refractivity contribution in [2.45, 2.75) is 51.1 Å². The van der Waals surface area contributed by atoms with Gasteiger partial charge in [-0.2, -0.15) is 0 Å². The van der Waals surface area contributed by atoms with Gasteiger partial charge in [0.2, 0.25) is 0 Å². The number of aromatic amines is 1. The van der Waals surface area contributed by atoms with E-state index in [1.807, 2.05) is 6.07 Å². The molecule has 0 saturated heterocycles. The Morgan fingerprint density at radius 2 is 1.94 bits per heavy atom. The summed E-state index contributed by atoms with van der Waals surface area (Å²) in [6, 6.07) is 17.4. The molecule has 2 aromatic carbocycles. The normalized spacial score (nSPS) is 15.6. The van der Waals surface area contributed by atoms with E-state index >= 15 is 0 Å². The maximum atomic E-state index is 5.45. The van der Waals surface area contributed by atoms with E-state index < -0.39 is 0 Å². The van der Waals surface area contributed by atoms with Gasteiger partial charge in [0.25, 0.3) is 0 Å². The molecule has 0 atom stereocenters. The van der Waals surface area contributed by atoms with Gasteiger partial charge in [0.15, 0.2) is 4.80 Å². The van der Waals surface area contributed by atoms with Crippen molar-refractivity contribution in [3.63, 3.8) is 0 Å². The second-order valence-electron chi connectivity index (χ2n) is 8.32. The van der Waals surface area contributed by atoms with Gasteiger partial charge < -0.3 is 14.3 Å². The predicted octanol–water partition coefficient (Wildman–Crippen LogP) is 6.18. The summed E-state index contributed by atoms with van der Waals surface area (Å²) in [6.07, 6.45) is 9.50. The van der Waals surface area contributed by atoms with Crippen molar-refractivity contribution in [1.29, 1.82) is 0 Å². The van der Waals surface area contributed by atoms with Gasteiger partial charge in [0.05, 0.1) is 18.8 Å². The van der Waals surface area contributed by atoms with Crippen molar-refractivity contribution in [1.82, 2.24) is 9.55 Å². The number of hydrogen-bond acceptors (Lipinski definition) is 3. The second kappa shape index (κ2) is 9.15. The lowest BCUT2D eigenvalue weighted by Gasteiger charge is -2.17. The van der Waals surface area contributed by atoms with Gasteiger partial charge in [-0.15, -0.1) is 11.3 Å². The Morgan fingerprint density at radius 1 is 1.10 bits per heavy atom. The molecule has 0 amide bonds. The first-order valence-electron chi connectivity index (χ1n) is 11.2. The van der Waals surface area contributed by atoms with Crippen LogP contribution in [-0.4, -0.2) is 22.7 Å². The van der Waals surface area contributed by atoms with Crippen molar-refractivity contribution in [3.05, 3.63) is 70.5 Å². The molecule has 0 aliphatic heterocycles. The number of rotatable bonds is 6. The van der Waals surface area contributed by atoms with Crippen molar-refractivity contribution in [3.8, 4) is 17.0 Å². The van der Waals surface area contributed by atoms with Crippen molar-refractivity contribution >= 4 is 22.2 Å². The molecule has 4 aromatic rings. The summed E-state index contributed by atoms with van der Waals surface area (Å²) >= 11 is 1.78. The molecule has 0 spiro atoms. The van der Waals surface area contributed by atoms with Crippen LogP contribution in [0.1, 0.15) is 37.7 Å². The van der Waals surface area contributed by atoms with Crippen LogP contribution in [0.2, 0.25) is 0 Å². The molecule has 5 rings (SSSR count). The lowest BCUT2D eigenvalue weighted by molar-refractivity contribution is 0.415. The van der Waals surface area contributed by atoms with E-state index in [9.17, 15) is 0 Å². The Labute approximate surface area is 187 Å². The maximum Gasteiger partial charge on any atom is 0.185 e. The first kappa shape index (κ1) is 20.1. The summed E-state index contributed by atoms with van der Waals surface area (Å²) in [4.78, 5) is 9.77. The number of nitrogens with zero attached hydrogens (tertiary/aromatic N) is 2. The third kappa shape index (κ3) is 4.33. The SMILES string of the molecule is COc1ccc2[nH]cc(CCn3c(-c4ccccc4)csc3=NC3CCCCC3)c2c1. The minimum atomic E-state index is 0.472. The fourth-order valence-corrected chi connectivity index (χ4v) is 5.58. The van der Waals surface area contributed by atoms with E-state index in [-0.39, 0.29) is 0 Å². The van der Waals surface area contributed by atoms with E-state index in [1.54, 1.807) is 18.4 Å². The summed E-state index contributed by atoms with van der Waals surface area (Å²) in [6.45, 7) is 0.906. The van der Waals surface area contributed by atoms with Gasteiger partial charge in [-0.3, -0.25) is 4.99 Å². The molecule has 1 aliphatic carbocycles. The number of benzene rings is 2. The van der Waals surface area contributed by atoms with E-state index in [0.29, 0.717) is 6.04 Å². The predicted molar refractivity (Wildman–Crippen MR) is 129 cm³/mol. The van der Waals surface area contributed by atoms with Crippen molar-refractivity contribution in [2.24, 2.45) is 4.99 Å².